The lowest BCUT2D eigenvalue weighted by atomic mass is 10.3. The third-order valence-corrected chi connectivity index (χ3v) is 8.16. The van der Waals surface area contributed by atoms with Crippen LogP contribution in [-0.4, -0.2) is 74.3 Å². The van der Waals surface area contributed by atoms with Gasteiger partial charge in [-0.15, -0.1) is 0 Å². The van der Waals surface area contributed by atoms with Gasteiger partial charge in [0.1, 0.15) is 36.9 Å². The second kappa shape index (κ2) is 19.6. The molecule has 1 aliphatic rings. The van der Waals surface area contributed by atoms with E-state index in [-0.39, 0.29) is 70.1 Å². The van der Waals surface area contributed by atoms with E-state index in [9.17, 15) is 33.6 Å². The highest BCUT2D eigenvalue weighted by Crippen LogP contribution is 2.59. The number of hydrogen-bond acceptors (Lipinski definition) is 16. The van der Waals surface area contributed by atoms with E-state index in [1.807, 2.05) is 0 Å². The summed E-state index contributed by atoms with van der Waals surface area (Å²) in [5.41, 5.74) is -0.357. The van der Waals surface area contributed by atoms with E-state index in [0.29, 0.717) is 0 Å². The average molecular weight is 706 g/mol. The zero-order valence-corrected chi connectivity index (χ0v) is 27.7. The van der Waals surface area contributed by atoms with Crippen molar-refractivity contribution in [3.05, 3.63) is 58.8 Å². The second-order valence-corrected chi connectivity index (χ2v) is 11.7. The number of hydrogen-bond donors (Lipinski definition) is 0. The summed E-state index contributed by atoms with van der Waals surface area (Å²) in [5, 5.41) is 0. The molecule has 2 atom stereocenters. The topological polar surface area (TPSA) is 188 Å². The number of esters is 7. The van der Waals surface area contributed by atoms with E-state index < -0.39 is 54.0 Å². The highest BCUT2D eigenvalue weighted by Gasteiger charge is 2.32. The maximum atomic E-state index is 12.6. The highest BCUT2D eigenvalue weighted by atomic mass is 32.2. The van der Waals surface area contributed by atoms with Gasteiger partial charge in [-0.25, -0.2) is 14.4 Å². The molecule has 1 aromatic rings. The minimum atomic E-state index is -0.913. The number of ether oxygens (including phenoxy) is 7. The standard InChI is InChI=1S/C31H31NO14S2/c1-7-21(33)41-15-18(4)44-24(36)13-14-26(38)46-20-10-9-19(28-29(20)48-31(47-28)27(32-5)30(39)40-6)45-25(37)12-11-23(35)42-16-17(3)43-22(34)8-2/h7-10,17-18H,1-2,11-16H2,3-4,6H3/b31-27+. The summed E-state index contributed by atoms with van der Waals surface area (Å²) in [4.78, 5) is 87.8. The molecule has 0 spiro atoms. The van der Waals surface area contributed by atoms with Crippen molar-refractivity contribution in [2.75, 3.05) is 20.3 Å². The second-order valence-electron chi connectivity index (χ2n) is 9.38. The fourth-order valence-corrected chi connectivity index (χ4v) is 5.89. The van der Waals surface area contributed by atoms with E-state index in [0.717, 1.165) is 42.8 Å². The van der Waals surface area contributed by atoms with E-state index in [4.69, 9.17) is 35.0 Å². The molecule has 0 aliphatic carbocycles. The molecule has 48 heavy (non-hydrogen) atoms. The molecule has 17 heteroatoms. The van der Waals surface area contributed by atoms with Gasteiger partial charge in [-0.2, -0.15) is 0 Å². The van der Waals surface area contributed by atoms with Crippen molar-refractivity contribution in [3.63, 3.8) is 0 Å². The Hall–Kier alpha value is -5.08. The Morgan fingerprint density at radius 1 is 0.750 bits per heavy atom. The first kappa shape index (κ1) is 39.1. The summed E-state index contributed by atoms with van der Waals surface area (Å²) in [6.45, 7) is 16.5. The van der Waals surface area contributed by atoms with Crippen LogP contribution >= 0.6 is 23.5 Å². The largest absolute Gasteiger partial charge is 0.474 e. The molecule has 0 bridgehead atoms. The van der Waals surface area contributed by atoms with Gasteiger partial charge in [0, 0.05) is 12.2 Å². The van der Waals surface area contributed by atoms with Crippen LogP contribution in [0.2, 0.25) is 0 Å². The number of fused-ring (bicyclic) bond motifs is 1. The zero-order chi connectivity index (χ0) is 35.8. The number of methoxy groups -OCH3 is 1. The number of carbonyl (C=O) groups is 7. The molecule has 2 rings (SSSR count). The lowest BCUT2D eigenvalue weighted by molar-refractivity contribution is -0.156. The Morgan fingerprint density at radius 3 is 1.73 bits per heavy atom. The molecule has 0 radical (unpaired) electrons. The van der Waals surface area contributed by atoms with Gasteiger partial charge in [0.05, 0.1) is 53.4 Å². The smallest absolute Gasteiger partial charge is 0.337 e. The van der Waals surface area contributed by atoms with E-state index in [1.54, 1.807) is 0 Å². The number of carbonyl (C=O) groups excluding carboxylic acids is 7. The number of rotatable bonds is 17. The van der Waals surface area contributed by atoms with Crippen molar-refractivity contribution >= 4 is 65.3 Å². The van der Waals surface area contributed by atoms with Crippen molar-refractivity contribution in [1.29, 1.82) is 0 Å². The minimum absolute atomic E-state index is 0.00968. The van der Waals surface area contributed by atoms with E-state index in [1.165, 1.54) is 26.0 Å². The molecule has 0 N–H and O–H groups in total. The van der Waals surface area contributed by atoms with Crippen LogP contribution in [0, 0.1) is 6.57 Å². The molecule has 1 heterocycles. The Bertz CT molecular complexity index is 1540. The van der Waals surface area contributed by atoms with Crippen LogP contribution in [0.3, 0.4) is 0 Å². The van der Waals surface area contributed by atoms with Crippen LogP contribution in [0.15, 0.2) is 57.2 Å². The quantitative estimate of drug-likeness (QED) is 0.0747. The van der Waals surface area contributed by atoms with Crippen LogP contribution in [0.1, 0.15) is 39.5 Å². The number of nitrogens with zero attached hydrogens (tertiary/aromatic N) is 1. The Morgan fingerprint density at radius 2 is 1.23 bits per heavy atom. The molecule has 0 amide bonds. The van der Waals surface area contributed by atoms with Crippen LogP contribution in [0.5, 0.6) is 11.5 Å². The lowest BCUT2D eigenvalue weighted by Crippen LogP contribution is -2.22. The summed E-state index contributed by atoms with van der Waals surface area (Å²) in [6, 6.07) is 2.64. The summed E-state index contributed by atoms with van der Waals surface area (Å²) >= 11 is 1.80. The molecule has 0 fully saturated rings. The third-order valence-electron chi connectivity index (χ3n) is 5.55. The summed E-state index contributed by atoms with van der Waals surface area (Å²) in [7, 11) is 1.10. The highest BCUT2D eigenvalue weighted by molar-refractivity contribution is 8.24. The van der Waals surface area contributed by atoms with Crippen molar-refractivity contribution < 1.29 is 66.7 Å². The summed E-state index contributed by atoms with van der Waals surface area (Å²) in [5.74, 6) is -5.43. The lowest BCUT2D eigenvalue weighted by Gasteiger charge is -2.14. The van der Waals surface area contributed by atoms with Crippen LogP contribution in [0.4, 0.5) is 0 Å². The molecule has 1 aliphatic heterocycles. The van der Waals surface area contributed by atoms with Crippen molar-refractivity contribution in [2.45, 2.75) is 61.5 Å². The molecular weight excluding hydrogens is 674 g/mol. The molecule has 0 saturated carbocycles. The Balaban J connectivity index is 2.11. The molecule has 2 unspecified atom stereocenters. The van der Waals surface area contributed by atoms with Crippen LogP contribution < -0.4 is 9.47 Å². The maximum Gasteiger partial charge on any atom is 0.337 e. The third kappa shape index (κ3) is 12.6. The maximum absolute atomic E-state index is 12.6. The monoisotopic (exact) mass is 705 g/mol. The molecule has 0 aromatic heterocycles. The minimum Gasteiger partial charge on any atom is -0.474 e. The number of benzene rings is 1. The fraction of sp³-hybridized carbons (Fsp3) is 0.355. The Kier molecular flexibility index (Phi) is 15.9. The first-order valence-corrected chi connectivity index (χ1v) is 15.6. The van der Waals surface area contributed by atoms with Crippen LogP contribution in [0.25, 0.3) is 4.85 Å². The first-order valence-electron chi connectivity index (χ1n) is 13.9. The van der Waals surface area contributed by atoms with Crippen molar-refractivity contribution in [2.24, 2.45) is 0 Å². The van der Waals surface area contributed by atoms with Crippen molar-refractivity contribution in [3.8, 4) is 11.5 Å². The predicted molar refractivity (Wildman–Crippen MR) is 167 cm³/mol. The van der Waals surface area contributed by atoms with Gasteiger partial charge in [-0.3, -0.25) is 24.0 Å². The van der Waals surface area contributed by atoms with Gasteiger partial charge in [0.25, 0.3) is 5.70 Å². The predicted octanol–water partition coefficient (Wildman–Crippen LogP) is 3.84. The summed E-state index contributed by atoms with van der Waals surface area (Å²) in [6.07, 6.45) is -1.05. The van der Waals surface area contributed by atoms with Gasteiger partial charge < -0.3 is 33.2 Å². The summed E-state index contributed by atoms with van der Waals surface area (Å²) < 4.78 is 35.5. The van der Waals surface area contributed by atoms with Gasteiger partial charge in [-0.05, 0) is 26.0 Å². The van der Waals surface area contributed by atoms with E-state index in [2.05, 4.69) is 22.7 Å². The van der Waals surface area contributed by atoms with Crippen molar-refractivity contribution in [1.82, 2.24) is 0 Å². The number of thioether (sulfide) groups is 2. The van der Waals surface area contributed by atoms with Gasteiger partial charge in [-0.1, -0.05) is 36.7 Å². The molecule has 256 valence electrons. The Labute approximate surface area is 283 Å². The van der Waals surface area contributed by atoms with Gasteiger partial charge in [0.15, 0.2) is 0 Å². The SMILES string of the molecule is [C-]#[N+]/C(C(=O)OC)=C1\Sc2c(OC(=O)CCC(=O)OCC(C)OC(=O)C=C)ccc(OC(=O)CCC(=O)OC(C)COC(=O)C=C)c2S1. The average Bonchev–Trinajstić information content (AvgIpc) is 3.51. The molecule has 15 nitrogen and oxygen atoms in total. The van der Waals surface area contributed by atoms with Gasteiger partial charge in [0.2, 0.25) is 0 Å². The molecular formula is C31H31NO14S2. The zero-order valence-electron chi connectivity index (χ0n) is 26.1. The van der Waals surface area contributed by atoms with Gasteiger partial charge >= 0.3 is 41.8 Å². The van der Waals surface area contributed by atoms with Crippen LogP contribution in [-0.2, 0) is 57.2 Å². The van der Waals surface area contributed by atoms with E-state index >= 15 is 0 Å². The first-order chi connectivity index (χ1) is 22.8. The normalized spacial score (nSPS) is 13.6. The fourth-order valence-electron chi connectivity index (χ4n) is 3.35. The molecule has 0 saturated heterocycles. The molecule has 1 aromatic carbocycles.